The third-order valence-electron chi connectivity index (χ3n) is 3.33. The van der Waals surface area contributed by atoms with Crippen molar-refractivity contribution in [3.05, 3.63) is 23.8 Å². The van der Waals surface area contributed by atoms with Crippen molar-refractivity contribution in [1.29, 1.82) is 5.26 Å². The van der Waals surface area contributed by atoms with E-state index >= 15 is 0 Å². The molecule has 0 N–H and O–H groups in total. The molecule has 0 aromatic carbocycles. The summed E-state index contributed by atoms with van der Waals surface area (Å²) in [6.07, 6.45) is 6.48. The van der Waals surface area contributed by atoms with Gasteiger partial charge in [0, 0.05) is 18.1 Å². The second kappa shape index (κ2) is 6.00. The summed E-state index contributed by atoms with van der Waals surface area (Å²) in [7, 11) is 1.66. The van der Waals surface area contributed by atoms with Gasteiger partial charge in [-0.1, -0.05) is 26.0 Å². The Labute approximate surface area is 104 Å². The van der Waals surface area contributed by atoms with Crippen LogP contribution in [0.4, 0.5) is 0 Å². The van der Waals surface area contributed by atoms with Gasteiger partial charge in [0.15, 0.2) is 6.29 Å². The lowest BCUT2D eigenvalue weighted by Crippen LogP contribution is -2.44. The van der Waals surface area contributed by atoms with Crippen LogP contribution in [-0.2, 0) is 9.47 Å². The maximum absolute atomic E-state index is 9.05. The molecule has 0 spiro atoms. The van der Waals surface area contributed by atoms with Crippen molar-refractivity contribution in [2.75, 3.05) is 13.7 Å². The Balaban J connectivity index is 2.93. The lowest BCUT2D eigenvalue weighted by Gasteiger charge is -2.42. The van der Waals surface area contributed by atoms with Crippen LogP contribution in [0.2, 0.25) is 0 Å². The van der Waals surface area contributed by atoms with Gasteiger partial charge in [-0.3, -0.25) is 0 Å². The lowest BCUT2D eigenvalue weighted by atomic mass is 9.74. The molecule has 2 unspecified atom stereocenters. The minimum absolute atomic E-state index is 0.114. The average Bonchev–Trinajstić information content (AvgIpc) is 2.30. The van der Waals surface area contributed by atoms with Gasteiger partial charge in [-0.25, -0.2) is 0 Å². The van der Waals surface area contributed by atoms with Gasteiger partial charge in [-0.2, -0.15) is 5.26 Å². The van der Waals surface area contributed by atoms with Crippen molar-refractivity contribution in [2.24, 2.45) is 11.3 Å². The summed E-state index contributed by atoms with van der Waals surface area (Å²) < 4.78 is 11.0. The Morgan fingerprint density at radius 1 is 1.53 bits per heavy atom. The van der Waals surface area contributed by atoms with Gasteiger partial charge in [-0.15, -0.1) is 0 Å². The fraction of sp³-hybridized carbons (Fsp3) is 0.643. The molecule has 0 radical (unpaired) electrons. The van der Waals surface area contributed by atoms with Crippen LogP contribution in [0.15, 0.2) is 23.8 Å². The predicted octanol–water partition coefficient (Wildman–Crippen LogP) is 3.05. The molecule has 1 fully saturated rings. The first-order valence-corrected chi connectivity index (χ1v) is 5.95. The molecular formula is C14H21NO2. The van der Waals surface area contributed by atoms with E-state index < -0.39 is 0 Å². The molecule has 0 amide bonds. The maximum atomic E-state index is 9.05. The van der Waals surface area contributed by atoms with Crippen molar-refractivity contribution in [1.82, 2.24) is 0 Å². The Bertz CT molecular complexity index is 350. The van der Waals surface area contributed by atoms with Crippen molar-refractivity contribution in [2.45, 2.75) is 33.5 Å². The summed E-state index contributed by atoms with van der Waals surface area (Å²) in [6.45, 7) is 6.83. The van der Waals surface area contributed by atoms with Crippen LogP contribution in [0.1, 0.15) is 27.2 Å². The summed E-state index contributed by atoms with van der Waals surface area (Å²) in [5.74, 6) is 0.298. The highest BCUT2D eigenvalue weighted by Gasteiger charge is 2.40. The largest absolute Gasteiger partial charge is 0.355 e. The zero-order valence-corrected chi connectivity index (χ0v) is 11.1. The molecule has 0 aliphatic carbocycles. The Kier molecular flexibility index (Phi) is 4.92. The van der Waals surface area contributed by atoms with Crippen LogP contribution >= 0.6 is 0 Å². The highest BCUT2D eigenvalue weighted by Crippen LogP contribution is 2.40. The maximum Gasteiger partial charge on any atom is 0.162 e. The molecule has 1 saturated heterocycles. The predicted molar refractivity (Wildman–Crippen MR) is 67.1 cm³/mol. The molecule has 1 aliphatic rings. The third kappa shape index (κ3) is 3.18. The molecule has 0 aromatic heterocycles. The standard InChI is InChI=1S/C14H21NO2/c1-5-6-11(10-15)9-12-7-8-17-13(16-4)14(12,2)3/h5-6,9,12-13H,7-8H2,1-4H3/b6-5+,11-9-. The van der Waals surface area contributed by atoms with E-state index in [4.69, 9.17) is 14.7 Å². The van der Waals surface area contributed by atoms with E-state index in [1.807, 2.05) is 25.2 Å². The number of hydrogen-bond donors (Lipinski definition) is 0. The number of allylic oxidation sites excluding steroid dienone is 4. The van der Waals surface area contributed by atoms with Crippen LogP contribution in [0.5, 0.6) is 0 Å². The Morgan fingerprint density at radius 2 is 2.24 bits per heavy atom. The zero-order chi connectivity index (χ0) is 12.9. The normalized spacial score (nSPS) is 29.2. The first-order chi connectivity index (χ1) is 8.06. The first kappa shape index (κ1) is 14.0. The molecule has 17 heavy (non-hydrogen) atoms. The van der Waals surface area contributed by atoms with E-state index in [2.05, 4.69) is 19.9 Å². The van der Waals surface area contributed by atoms with Gasteiger partial charge < -0.3 is 9.47 Å². The van der Waals surface area contributed by atoms with Crippen LogP contribution in [0.25, 0.3) is 0 Å². The topological polar surface area (TPSA) is 42.2 Å². The van der Waals surface area contributed by atoms with E-state index in [9.17, 15) is 0 Å². The van der Waals surface area contributed by atoms with Gasteiger partial charge in [-0.05, 0) is 25.3 Å². The van der Waals surface area contributed by atoms with Gasteiger partial charge >= 0.3 is 0 Å². The second-order valence-corrected chi connectivity index (χ2v) is 4.89. The minimum Gasteiger partial charge on any atom is -0.355 e. The molecule has 1 aliphatic heterocycles. The lowest BCUT2D eigenvalue weighted by molar-refractivity contribution is -0.221. The van der Waals surface area contributed by atoms with E-state index in [1.165, 1.54) is 0 Å². The first-order valence-electron chi connectivity index (χ1n) is 5.95. The van der Waals surface area contributed by atoms with Gasteiger partial charge in [0.25, 0.3) is 0 Å². The monoisotopic (exact) mass is 235 g/mol. The number of ether oxygens (including phenoxy) is 2. The summed E-state index contributed by atoms with van der Waals surface area (Å²) in [5, 5.41) is 9.05. The smallest absolute Gasteiger partial charge is 0.162 e. The van der Waals surface area contributed by atoms with Crippen LogP contribution in [0, 0.1) is 22.7 Å². The fourth-order valence-corrected chi connectivity index (χ4v) is 2.26. The number of rotatable bonds is 3. The number of nitrogens with zero attached hydrogens (tertiary/aromatic N) is 1. The van der Waals surface area contributed by atoms with Crippen LogP contribution in [-0.4, -0.2) is 20.0 Å². The number of hydrogen-bond acceptors (Lipinski definition) is 3. The van der Waals surface area contributed by atoms with Gasteiger partial charge in [0.05, 0.1) is 12.7 Å². The van der Waals surface area contributed by atoms with E-state index in [0.29, 0.717) is 18.1 Å². The summed E-state index contributed by atoms with van der Waals surface area (Å²) in [5.41, 5.74) is 0.596. The molecule has 0 bridgehead atoms. The molecule has 1 rings (SSSR count). The van der Waals surface area contributed by atoms with Crippen molar-refractivity contribution in [3.8, 4) is 6.07 Å². The van der Waals surface area contributed by atoms with Gasteiger partial charge in [0.1, 0.15) is 0 Å². The number of nitriles is 1. The summed E-state index contributed by atoms with van der Waals surface area (Å²) >= 11 is 0. The molecule has 0 saturated carbocycles. The summed E-state index contributed by atoms with van der Waals surface area (Å²) in [6, 6.07) is 2.21. The molecule has 0 aromatic rings. The molecule has 94 valence electrons. The number of methoxy groups -OCH3 is 1. The fourth-order valence-electron chi connectivity index (χ4n) is 2.26. The Hall–Kier alpha value is -1.11. The second-order valence-electron chi connectivity index (χ2n) is 4.89. The van der Waals surface area contributed by atoms with Crippen LogP contribution < -0.4 is 0 Å². The van der Waals surface area contributed by atoms with Crippen molar-refractivity contribution < 1.29 is 9.47 Å². The highest BCUT2D eigenvalue weighted by atomic mass is 16.7. The molecule has 3 nitrogen and oxygen atoms in total. The Morgan fingerprint density at radius 3 is 2.76 bits per heavy atom. The molecule has 3 heteroatoms. The summed E-state index contributed by atoms with van der Waals surface area (Å²) in [4.78, 5) is 0. The minimum atomic E-state index is -0.206. The van der Waals surface area contributed by atoms with Crippen LogP contribution in [0.3, 0.4) is 0 Å². The van der Waals surface area contributed by atoms with Crippen molar-refractivity contribution >= 4 is 0 Å². The van der Waals surface area contributed by atoms with E-state index in [0.717, 1.165) is 6.42 Å². The average molecular weight is 235 g/mol. The molecular weight excluding hydrogens is 214 g/mol. The third-order valence-corrected chi connectivity index (χ3v) is 3.33. The SMILES string of the molecule is C/C=C/C(C#N)=C/C1CCOC(OC)C1(C)C. The highest BCUT2D eigenvalue weighted by molar-refractivity contribution is 5.33. The van der Waals surface area contributed by atoms with Crippen molar-refractivity contribution in [3.63, 3.8) is 0 Å². The molecule has 1 heterocycles. The quantitative estimate of drug-likeness (QED) is 0.557. The zero-order valence-electron chi connectivity index (χ0n) is 11.1. The molecule has 2 atom stereocenters. The van der Waals surface area contributed by atoms with E-state index in [-0.39, 0.29) is 11.7 Å². The van der Waals surface area contributed by atoms with E-state index in [1.54, 1.807) is 7.11 Å². The van der Waals surface area contributed by atoms with Gasteiger partial charge in [0.2, 0.25) is 0 Å².